The Labute approximate surface area is 172 Å². The monoisotopic (exact) mass is 402 g/mol. The van der Waals surface area contributed by atoms with E-state index in [1.807, 2.05) is 25.1 Å². The van der Waals surface area contributed by atoms with Crippen molar-refractivity contribution in [3.8, 4) is 11.3 Å². The highest BCUT2D eigenvalue weighted by molar-refractivity contribution is 6.08. The van der Waals surface area contributed by atoms with Crippen LogP contribution in [-0.2, 0) is 9.59 Å². The van der Waals surface area contributed by atoms with Crippen molar-refractivity contribution >= 4 is 34.1 Å². The molecule has 0 bridgehead atoms. The van der Waals surface area contributed by atoms with Crippen molar-refractivity contribution in [2.45, 2.75) is 13.3 Å². The summed E-state index contributed by atoms with van der Waals surface area (Å²) in [6, 6.07) is 18.8. The van der Waals surface area contributed by atoms with Gasteiger partial charge in [0, 0.05) is 22.3 Å². The summed E-state index contributed by atoms with van der Waals surface area (Å²) in [5.41, 5.74) is 4.17. The van der Waals surface area contributed by atoms with Crippen LogP contribution in [0.15, 0.2) is 66.7 Å². The Morgan fingerprint density at radius 2 is 1.67 bits per heavy atom. The molecule has 0 saturated heterocycles. The maximum atomic E-state index is 13.5. The van der Waals surface area contributed by atoms with Crippen molar-refractivity contribution in [3.63, 3.8) is 0 Å². The van der Waals surface area contributed by atoms with E-state index in [0.717, 1.165) is 10.9 Å². The molecule has 3 N–H and O–H groups in total. The molecule has 0 aliphatic rings. The fourth-order valence-corrected chi connectivity index (χ4v) is 3.23. The molecule has 30 heavy (non-hydrogen) atoms. The summed E-state index contributed by atoms with van der Waals surface area (Å²) >= 11 is 0. The van der Waals surface area contributed by atoms with Gasteiger partial charge in [-0.25, -0.2) is 4.39 Å². The van der Waals surface area contributed by atoms with E-state index in [4.69, 9.17) is 0 Å². The number of hydrogen-bond acceptors (Lipinski definition) is 3. The largest absolute Gasteiger partial charge is 0.326 e. The number of aromatic nitrogens is 2. The summed E-state index contributed by atoms with van der Waals surface area (Å²) < 4.78 is 13.5. The van der Waals surface area contributed by atoms with Gasteiger partial charge in [-0.1, -0.05) is 24.3 Å². The smallest absolute Gasteiger partial charge is 0.233 e. The van der Waals surface area contributed by atoms with Crippen molar-refractivity contribution in [2.75, 3.05) is 10.6 Å². The number of carbonyl (C=O) groups excluding carboxylic acids is 2. The van der Waals surface area contributed by atoms with E-state index in [1.165, 1.54) is 12.1 Å². The molecule has 0 unspecified atom stereocenters. The summed E-state index contributed by atoms with van der Waals surface area (Å²) in [5.74, 6) is -1.16. The minimum Gasteiger partial charge on any atom is -0.326 e. The zero-order chi connectivity index (χ0) is 21.1. The van der Waals surface area contributed by atoms with Crippen molar-refractivity contribution in [2.24, 2.45) is 0 Å². The number of halogens is 1. The zero-order valence-corrected chi connectivity index (χ0v) is 16.2. The lowest BCUT2D eigenvalue weighted by molar-refractivity contribution is -0.123. The summed E-state index contributed by atoms with van der Waals surface area (Å²) in [6.45, 7) is 1.92. The molecule has 0 aliphatic heterocycles. The SMILES string of the molecule is Cc1cccc(NC(=O)CC(=O)Nc2ccc3c(-c4cccc(F)c4)n[nH]c3c2)c1. The standard InChI is InChI=1S/C23H19FN4O2/c1-14-4-2-7-17(10-14)25-21(29)13-22(30)26-18-8-9-19-20(12-18)27-28-23(19)15-5-3-6-16(24)11-15/h2-12H,13H2,1H3,(H,25,29)(H,26,30)(H,27,28). The van der Waals surface area contributed by atoms with Crippen molar-refractivity contribution < 1.29 is 14.0 Å². The van der Waals surface area contributed by atoms with Crippen LogP contribution in [0.3, 0.4) is 0 Å². The molecule has 1 aromatic heterocycles. The van der Waals surface area contributed by atoms with Crippen LogP contribution in [0, 0.1) is 12.7 Å². The fourth-order valence-electron chi connectivity index (χ4n) is 3.23. The summed E-state index contributed by atoms with van der Waals surface area (Å²) in [6.07, 6.45) is -0.302. The maximum absolute atomic E-state index is 13.5. The minimum absolute atomic E-state index is 0.302. The normalized spacial score (nSPS) is 10.7. The molecule has 0 saturated carbocycles. The second kappa shape index (κ2) is 8.16. The van der Waals surface area contributed by atoms with E-state index >= 15 is 0 Å². The Morgan fingerprint density at radius 1 is 0.933 bits per heavy atom. The molecule has 6 nitrogen and oxygen atoms in total. The molecule has 1 heterocycles. The van der Waals surface area contributed by atoms with Gasteiger partial charge in [0.2, 0.25) is 11.8 Å². The van der Waals surface area contributed by atoms with Gasteiger partial charge in [0.25, 0.3) is 0 Å². The Morgan fingerprint density at radius 3 is 2.40 bits per heavy atom. The number of nitrogens with one attached hydrogen (secondary N) is 3. The van der Waals surface area contributed by atoms with E-state index < -0.39 is 11.8 Å². The second-order valence-electron chi connectivity index (χ2n) is 6.99. The average molecular weight is 402 g/mol. The average Bonchev–Trinajstić information content (AvgIpc) is 3.11. The van der Waals surface area contributed by atoms with Gasteiger partial charge >= 0.3 is 0 Å². The number of benzene rings is 3. The second-order valence-corrected chi connectivity index (χ2v) is 6.99. The third-order valence-corrected chi connectivity index (χ3v) is 4.57. The Balaban J connectivity index is 1.44. The van der Waals surface area contributed by atoms with E-state index in [2.05, 4.69) is 20.8 Å². The van der Waals surface area contributed by atoms with E-state index in [-0.39, 0.29) is 12.2 Å². The van der Waals surface area contributed by atoms with Crippen LogP contribution in [0.2, 0.25) is 0 Å². The fraction of sp³-hybridized carbons (Fsp3) is 0.0870. The van der Waals surface area contributed by atoms with E-state index in [9.17, 15) is 14.0 Å². The number of anilines is 2. The molecular weight excluding hydrogens is 383 g/mol. The predicted molar refractivity (Wildman–Crippen MR) is 115 cm³/mol. The van der Waals surface area contributed by atoms with Gasteiger partial charge in [0.1, 0.15) is 17.9 Å². The van der Waals surface area contributed by atoms with Gasteiger partial charge in [0.15, 0.2) is 0 Å². The van der Waals surface area contributed by atoms with E-state index in [1.54, 1.807) is 36.4 Å². The van der Waals surface area contributed by atoms with Gasteiger partial charge in [-0.3, -0.25) is 14.7 Å². The van der Waals surface area contributed by atoms with Crippen molar-refractivity contribution in [3.05, 3.63) is 78.1 Å². The number of fused-ring (bicyclic) bond motifs is 1. The Bertz CT molecular complexity index is 1250. The molecule has 2 amide bonds. The first-order chi connectivity index (χ1) is 14.5. The molecule has 7 heteroatoms. The molecule has 0 radical (unpaired) electrons. The molecule has 0 fully saturated rings. The van der Waals surface area contributed by atoms with Crippen LogP contribution in [0.4, 0.5) is 15.8 Å². The predicted octanol–water partition coefficient (Wildman–Crippen LogP) is 4.64. The lowest BCUT2D eigenvalue weighted by Crippen LogP contribution is -2.21. The molecule has 4 rings (SSSR count). The molecule has 0 aliphatic carbocycles. The molecule has 0 atom stereocenters. The van der Waals surface area contributed by atoms with Gasteiger partial charge < -0.3 is 10.6 Å². The van der Waals surface area contributed by atoms with Crippen molar-refractivity contribution in [1.29, 1.82) is 0 Å². The number of carbonyl (C=O) groups is 2. The number of aromatic amines is 1. The van der Waals surface area contributed by atoms with Crippen LogP contribution in [0.1, 0.15) is 12.0 Å². The number of amides is 2. The Kier molecular flexibility index (Phi) is 5.26. The third kappa shape index (κ3) is 4.35. The highest BCUT2D eigenvalue weighted by Gasteiger charge is 2.13. The highest BCUT2D eigenvalue weighted by atomic mass is 19.1. The first-order valence-electron chi connectivity index (χ1n) is 9.38. The maximum Gasteiger partial charge on any atom is 0.233 e. The van der Waals surface area contributed by atoms with Gasteiger partial charge in [-0.15, -0.1) is 0 Å². The number of H-pyrrole nitrogens is 1. The third-order valence-electron chi connectivity index (χ3n) is 4.57. The lowest BCUT2D eigenvalue weighted by Gasteiger charge is -2.07. The first kappa shape index (κ1) is 19.3. The van der Waals surface area contributed by atoms with Crippen LogP contribution < -0.4 is 10.6 Å². The lowest BCUT2D eigenvalue weighted by atomic mass is 10.1. The summed E-state index contributed by atoms with van der Waals surface area (Å²) in [4.78, 5) is 24.3. The molecule has 4 aromatic rings. The minimum atomic E-state index is -0.427. The van der Waals surface area contributed by atoms with Crippen LogP contribution in [0.5, 0.6) is 0 Å². The molecule has 0 spiro atoms. The first-order valence-corrected chi connectivity index (χ1v) is 9.38. The summed E-state index contributed by atoms with van der Waals surface area (Å²) in [5, 5.41) is 13.4. The number of nitrogens with zero attached hydrogens (tertiary/aromatic N) is 1. The zero-order valence-electron chi connectivity index (χ0n) is 16.2. The Hall–Kier alpha value is -4.00. The summed E-state index contributed by atoms with van der Waals surface area (Å²) in [7, 11) is 0. The number of aryl methyl sites for hydroxylation is 1. The highest BCUT2D eigenvalue weighted by Crippen LogP contribution is 2.28. The topological polar surface area (TPSA) is 86.9 Å². The quantitative estimate of drug-likeness (QED) is 0.425. The molecular formula is C23H19FN4O2. The number of rotatable bonds is 5. The molecule has 3 aromatic carbocycles. The van der Waals surface area contributed by atoms with Gasteiger partial charge in [0.05, 0.1) is 5.52 Å². The van der Waals surface area contributed by atoms with Crippen LogP contribution in [0.25, 0.3) is 22.2 Å². The van der Waals surface area contributed by atoms with Gasteiger partial charge in [-0.05, 0) is 55.0 Å². The van der Waals surface area contributed by atoms with Crippen molar-refractivity contribution in [1.82, 2.24) is 10.2 Å². The van der Waals surface area contributed by atoms with Crippen LogP contribution >= 0.6 is 0 Å². The van der Waals surface area contributed by atoms with E-state index in [0.29, 0.717) is 28.1 Å². The van der Waals surface area contributed by atoms with Crippen LogP contribution in [-0.4, -0.2) is 22.0 Å². The number of hydrogen-bond donors (Lipinski definition) is 3. The van der Waals surface area contributed by atoms with Gasteiger partial charge in [-0.2, -0.15) is 5.10 Å². The molecule has 150 valence electrons.